The number of hydrogen-bond donors (Lipinski definition) is 2. The Kier molecular flexibility index (Phi) is 4.00. The maximum Gasteiger partial charge on any atom is 0.139 e. The van der Waals surface area contributed by atoms with Gasteiger partial charge in [-0.05, 0) is 55.7 Å². The van der Waals surface area contributed by atoms with Crippen LogP contribution in [0.25, 0.3) is 0 Å². The van der Waals surface area contributed by atoms with E-state index < -0.39 is 0 Å². The minimum atomic E-state index is -0.104. The lowest BCUT2D eigenvalue weighted by atomic mass is 10.1. The largest absolute Gasteiger partial charge is 0.456 e. The summed E-state index contributed by atoms with van der Waals surface area (Å²) >= 11 is 6.09. The zero-order chi connectivity index (χ0) is 14.9. The van der Waals surface area contributed by atoms with Gasteiger partial charge in [0.2, 0.25) is 0 Å². The first kappa shape index (κ1) is 14.4. The molecule has 2 aromatic carbocycles. The summed E-state index contributed by atoms with van der Waals surface area (Å²) in [6, 6.07) is 9.31. The molecular formula is C16H17ClN2O. The number of ether oxygens (including phenoxy) is 1. The van der Waals surface area contributed by atoms with E-state index in [4.69, 9.17) is 27.5 Å². The minimum absolute atomic E-state index is 0.104. The van der Waals surface area contributed by atoms with Crippen LogP contribution in [0.3, 0.4) is 0 Å². The van der Waals surface area contributed by atoms with Gasteiger partial charge >= 0.3 is 0 Å². The molecule has 0 aliphatic carbocycles. The van der Waals surface area contributed by atoms with Crippen molar-refractivity contribution < 1.29 is 4.74 Å². The van der Waals surface area contributed by atoms with Crippen molar-refractivity contribution in [2.24, 2.45) is 5.73 Å². The molecule has 0 amide bonds. The van der Waals surface area contributed by atoms with Crippen LogP contribution in [-0.2, 0) is 0 Å². The van der Waals surface area contributed by atoms with E-state index in [0.717, 1.165) is 22.4 Å². The number of nitrogen functional groups attached to an aromatic ring is 1. The summed E-state index contributed by atoms with van der Waals surface area (Å²) in [6.45, 7) is 6.06. The van der Waals surface area contributed by atoms with Crippen LogP contribution in [0.1, 0.15) is 22.3 Å². The fourth-order valence-electron chi connectivity index (χ4n) is 2.08. The van der Waals surface area contributed by atoms with Crippen molar-refractivity contribution in [1.82, 2.24) is 0 Å². The number of hydrogen-bond acceptors (Lipinski definition) is 2. The summed E-state index contributed by atoms with van der Waals surface area (Å²) in [6.07, 6.45) is 0. The molecule has 104 valence electrons. The van der Waals surface area contributed by atoms with E-state index in [1.165, 1.54) is 0 Å². The molecule has 0 saturated carbocycles. The molecule has 0 aromatic heterocycles. The van der Waals surface area contributed by atoms with Crippen molar-refractivity contribution in [2.45, 2.75) is 20.8 Å². The van der Waals surface area contributed by atoms with Crippen LogP contribution in [-0.4, -0.2) is 5.84 Å². The molecule has 2 aromatic rings. The van der Waals surface area contributed by atoms with Crippen molar-refractivity contribution in [3.05, 3.63) is 57.6 Å². The second-order valence-electron chi connectivity index (χ2n) is 4.83. The van der Waals surface area contributed by atoms with E-state index in [-0.39, 0.29) is 5.84 Å². The highest BCUT2D eigenvalue weighted by Gasteiger charge is 2.13. The third kappa shape index (κ3) is 2.78. The van der Waals surface area contributed by atoms with E-state index in [2.05, 4.69) is 6.07 Å². The molecule has 0 radical (unpaired) electrons. The van der Waals surface area contributed by atoms with Gasteiger partial charge in [-0.2, -0.15) is 0 Å². The lowest BCUT2D eigenvalue weighted by Crippen LogP contribution is -2.13. The first-order chi connectivity index (χ1) is 9.40. The van der Waals surface area contributed by atoms with Crippen LogP contribution < -0.4 is 10.5 Å². The van der Waals surface area contributed by atoms with E-state index in [0.29, 0.717) is 16.3 Å². The lowest BCUT2D eigenvalue weighted by molar-refractivity contribution is 0.477. The molecule has 0 heterocycles. The number of rotatable bonds is 3. The van der Waals surface area contributed by atoms with E-state index in [1.54, 1.807) is 18.2 Å². The van der Waals surface area contributed by atoms with Crippen LogP contribution in [0, 0.1) is 26.2 Å². The van der Waals surface area contributed by atoms with E-state index in [9.17, 15) is 0 Å². The smallest absolute Gasteiger partial charge is 0.139 e. The third-order valence-corrected chi connectivity index (χ3v) is 3.54. The molecule has 0 aliphatic heterocycles. The number of benzene rings is 2. The molecule has 0 spiro atoms. The number of nitrogens with two attached hydrogens (primary N) is 1. The highest BCUT2D eigenvalue weighted by Crippen LogP contribution is 2.33. The highest BCUT2D eigenvalue weighted by molar-refractivity contribution is 6.34. The first-order valence-corrected chi connectivity index (χ1v) is 6.66. The van der Waals surface area contributed by atoms with Gasteiger partial charge in [0.25, 0.3) is 0 Å². The topological polar surface area (TPSA) is 59.1 Å². The summed E-state index contributed by atoms with van der Waals surface area (Å²) in [5.74, 6) is 1.15. The summed E-state index contributed by atoms with van der Waals surface area (Å²) in [5.41, 5.74) is 9.35. The van der Waals surface area contributed by atoms with Gasteiger partial charge in [0.1, 0.15) is 17.3 Å². The zero-order valence-electron chi connectivity index (χ0n) is 11.8. The van der Waals surface area contributed by atoms with Gasteiger partial charge in [-0.25, -0.2) is 0 Å². The standard InChI is InChI=1S/C16H17ClN2O/c1-9-7-10(2)11(3)14(8-9)20-13-6-4-5-12(17)15(13)16(18)19/h4-8H,1-3H3,(H3,18,19). The van der Waals surface area contributed by atoms with Crippen LogP contribution in [0.4, 0.5) is 0 Å². The second-order valence-corrected chi connectivity index (χ2v) is 5.24. The minimum Gasteiger partial charge on any atom is -0.456 e. The SMILES string of the molecule is Cc1cc(C)c(C)c(Oc2cccc(Cl)c2C(=N)N)c1. The highest BCUT2D eigenvalue weighted by atomic mass is 35.5. The normalized spacial score (nSPS) is 10.4. The van der Waals surface area contributed by atoms with Crippen molar-refractivity contribution in [3.63, 3.8) is 0 Å². The summed E-state index contributed by atoms with van der Waals surface area (Å²) < 4.78 is 5.94. The number of amidine groups is 1. The van der Waals surface area contributed by atoms with Crippen molar-refractivity contribution in [2.75, 3.05) is 0 Å². The van der Waals surface area contributed by atoms with Crippen LogP contribution in [0.15, 0.2) is 30.3 Å². The molecule has 3 nitrogen and oxygen atoms in total. The molecule has 20 heavy (non-hydrogen) atoms. The van der Waals surface area contributed by atoms with Gasteiger partial charge in [-0.15, -0.1) is 0 Å². The fraction of sp³-hybridized carbons (Fsp3) is 0.188. The van der Waals surface area contributed by atoms with Crippen molar-refractivity contribution in [3.8, 4) is 11.5 Å². The predicted molar refractivity (Wildman–Crippen MR) is 83.2 cm³/mol. The maximum atomic E-state index is 7.63. The third-order valence-electron chi connectivity index (χ3n) is 3.23. The molecule has 0 saturated heterocycles. The van der Waals surface area contributed by atoms with Gasteiger partial charge in [0.05, 0.1) is 10.6 Å². The Bertz CT molecular complexity index is 680. The van der Waals surface area contributed by atoms with Gasteiger partial charge in [-0.1, -0.05) is 23.7 Å². The van der Waals surface area contributed by atoms with Crippen molar-refractivity contribution >= 4 is 17.4 Å². The zero-order valence-corrected chi connectivity index (χ0v) is 12.5. The van der Waals surface area contributed by atoms with Crippen molar-refractivity contribution in [1.29, 1.82) is 5.41 Å². The van der Waals surface area contributed by atoms with Crippen LogP contribution in [0.5, 0.6) is 11.5 Å². The monoisotopic (exact) mass is 288 g/mol. The summed E-state index contributed by atoms with van der Waals surface area (Å²) in [4.78, 5) is 0. The quantitative estimate of drug-likeness (QED) is 0.652. The average molecular weight is 289 g/mol. The molecule has 0 aliphatic rings. The Morgan fingerprint density at radius 1 is 1.15 bits per heavy atom. The predicted octanol–water partition coefficient (Wildman–Crippen LogP) is 4.34. The first-order valence-electron chi connectivity index (χ1n) is 6.28. The summed E-state index contributed by atoms with van der Waals surface area (Å²) in [5, 5.41) is 8.05. The molecule has 0 bridgehead atoms. The number of nitrogens with one attached hydrogen (secondary N) is 1. The molecule has 0 fully saturated rings. The fourth-order valence-corrected chi connectivity index (χ4v) is 2.34. The molecule has 3 N–H and O–H groups in total. The summed E-state index contributed by atoms with van der Waals surface area (Å²) in [7, 11) is 0. The Morgan fingerprint density at radius 3 is 2.50 bits per heavy atom. The molecule has 2 rings (SSSR count). The number of halogens is 1. The van der Waals surface area contributed by atoms with Gasteiger partial charge in [0, 0.05) is 0 Å². The number of aryl methyl sites for hydroxylation is 2. The van der Waals surface area contributed by atoms with Crippen LogP contribution >= 0.6 is 11.6 Å². The van der Waals surface area contributed by atoms with Gasteiger partial charge < -0.3 is 10.5 Å². The van der Waals surface area contributed by atoms with E-state index >= 15 is 0 Å². The Labute approximate surface area is 123 Å². The lowest BCUT2D eigenvalue weighted by Gasteiger charge is -2.15. The second kappa shape index (κ2) is 5.55. The molecule has 4 heteroatoms. The Balaban J connectivity index is 2.51. The van der Waals surface area contributed by atoms with Gasteiger partial charge in [-0.3, -0.25) is 5.41 Å². The van der Waals surface area contributed by atoms with Gasteiger partial charge in [0.15, 0.2) is 0 Å². The average Bonchev–Trinajstić information content (AvgIpc) is 2.35. The Hall–Kier alpha value is -2.00. The maximum absolute atomic E-state index is 7.63. The van der Waals surface area contributed by atoms with E-state index in [1.807, 2.05) is 26.8 Å². The Morgan fingerprint density at radius 2 is 1.85 bits per heavy atom. The van der Waals surface area contributed by atoms with Crippen LogP contribution in [0.2, 0.25) is 5.02 Å². The molecular weight excluding hydrogens is 272 g/mol. The molecule has 0 atom stereocenters. The molecule has 0 unspecified atom stereocenters.